The van der Waals surface area contributed by atoms with Crippen LogP contribution in [0.1, 0.15) is 26.7 Å². The van der Waals surface area contributed by atoms with Gasteiger partial charge in [0.1, 0.15) is 5.75 Å². The summed E-state index contributed by atoms with van der Waals surface area (Å²) in [5.74, 6) is 0.0168. The van der Waals surface area contributed by atoms with Crippen LogP contribution in [0.15, 0.2) is 18.2 Å². The molecule has 0 saturated carbocycles. The van der Waals surface area contributed by atoms with E-state index in [0.29, 0.717) is 15.8 Å². The van der Waals surface area contributed by atoms with Gasteiger partial charge in [-0.15, -0.1) is 0 Å². The highest BCUT2D eigenvalue weighted by Crippen LogP contribution is 2.27. The van der Waals surface area contributed by atoms with Crippen molar-refractivity contribution in [3.05, 3.63) is 28.2 Å². The highest BCUT2D eigenvalue weighted by atomic mass is 35.5. The molecule has 3 nitrogen and oxygen atoms in total. The van der Waals surface area contributed by atoms with Gasteiger partial charge in [0.2, 0.25) is 0 Å². The molecule has 0 amide bonds. The molecule has 0 heterocycles. The topological polar surface area (TPSA) is 35.5 Å². The van der Waals surface area contributed by atoms with E-state index in [1.807, 2.05) is 13.8 Å². The van der Waals surface area contributed by atoms with E-state index in [4.69, 9.17) is 32.7 Å². The van der Waals surface area contributed by atoms with Crippen molar-refractivity contribution in [2.45, 2.75) is 32.8 Å². The molecule has 0 saturated heterocycles. The van der Waals surface area contributed by atoms with E-state index in [0.717, 1.165) is 12.8 Å². The first-order valence-corrected chi connectivity index (χ1v) is 6.55. The fraction of sp³-hybridized carbons (Fsp3) is 0.462. The first kappa shape index (κ1) is 15.1. The Morgan fingerprint density at radius 3 is 2.72 bits per heavy atom. The molecule has 0 bridgehead atoms. The monoisotopic (exact) mass is 290 g/mol. The zero-order valence-electron chi connectivity index (χ0n) is 10.4. The van der Waals surface area contributed by atoms with E-state index in [1.54, 1.807) is 18.2 Å². The molecule has 100 valence electrons. The lowest BCUT2D eigenvalue weighted by atomic mass is 10.2. The lowest BCUT2D eigenvalue weighted by Gasteiger charge is -2.13. The van der Waals surface area contributed by atoms with Gasteiger partial charge in [-0.2, -0.15) is 0 Å². The number of benzene rings is 1. The predicted molar refractivity (Wildman–Crippen MR) is 72.4 cm³/mol. The number of ether oxygens (including phenoxy) is 2. The van der Waals surface area contributed by atoms with E-state index < -0.39 is 5.97 Å². The standard InChI is InChI=1S/C13H16Cl2O3/c1-3-4-9(2)18-13(16)8-17-12-6-5-10(14)7-11(12)15/h5-7,9H,3-4,8H2,1-2H3. The molecule has 0 fully saturated rings. The van der Waals surface area contributed by atoms with Crippen LogP contribution >= 0.6 is 23.2 Å². The summed E-state index contributed by atoms with van der Waals surface area (Å²) in [5.41, 5.74) is 0. The molecule has 0 aliphatic carbocycles. The fourth-order valence-electron chi connectivity index (χ4n) is 1.45. The van der Waals surface area contributed by atoms with Crippen molar-refractivity contribution in [2.75, 3.05) is 6.61 Å². The Bertz CT molecular complexity index is 407. The number of hydrogen-bond donors (Lipinski definition) is 0. The number of carbonyl (C=O) groups is 1. The average Bonchev–Trinajstić information content (AvgIpc) is 2.28. The van der Waals surface area contributed by atoms with Gasteiger partial charge >= 0.3 is 5.97 Å². The van der Waals surface area contributed by atoms with Crippen LogP contribution in [-0.2, 0) is 9.53 Å². The van der Waals surface area contributed by atoms with Crippen LogP contribution in [0, 0.1) is 0 Å². The summed E-state index contributed by atoms with van der Waals surface area (Å²) in [5, 5.41) is 0.892. The minimum atomic E-state index is -0.401. The number of rotatable bonds is 6. The normalized spacial score (nSPS) is 12.0. The summed E-state index contributed by atoms with van der Waals surface area (Å²) < 4.78 is 10.4. The van der Waals surface area contributed by atoms with Crippen molar-refractivity contribution in [1.82, 2.24) is 0 Å². The van der Waals surface area contributed by atoms with Crippen molar-refractivity contribution in [2.24, 2.45) is 0 Å². The Labute approximate surface area is 117 Å². The summed E-state index contributed by atoms with van der Waals surface area (Å²) in [7, 11) is 0. The van der Waals surface area contributed by atoms with E-state index in [1.165, 1.54) is 0 Å². The summed E-state index contributed by atoms with van der Waals surface area (Å²) in [4.78, 5) is 11.5. The third kappa shape index (κ3) is 5.15. The van der Waals surface area contributed by atoms with Crippen LogP contribution in [-0.4, -0.2) is 18.7 Å². The van der Waals surface area contributed by atoms with Gasteiger partial charge in [0.25, 0.3) is 0 Å². The van der Waals surface area contributed by atoms with Crippen LogP contribution in [0.4, 0.5) is 0 Å². The Hall–Kier alpha value is -0.930. The Kier molecular flexibility index (Phi) is 6.30. The first-order valence-electron chi connectivity index (χ1n) is 5.80. The highest BCUT2D eigenvalue weighted by Gasteiger charge is 2.10. The molecule has 0 aliphatic heterocycles. The van der Waals surface area contributed by atoms with E-state index in [-0.39, 0.29) is 12.7 Å². The summed E-state index contributed by atoms with van der Waals surface area (Å²) in [6.45, 7) is 3.74. The Morgan fingerprint density at radius 2 is 2.11 bits per heavy atom. The van der Waals surface area contributed by atoms with Crippen LogP contribution < -0.4 is 4.74 Å². The number of esters is 1. The van der Waals surface area contributed by atoms with Crippen LogP contribution in [0.5, 0.6) is 5.75 Å². The van der Waals surface area contributed by atoms with Crippen molar-refractivity contribution in [3.8, 4) is 5.75 Å². The number of carbonyl (C=O) groups excluding carboxylic acids is 1. The number of hydrogen-bond acceptors (Lipinski definition) is 3. The molecule has 5 heteroatoms. The lowest BCUT2D eigenvalue weighted by Crippen LogP contribution is -2.20. The van der Waals surface area contributed by atoms with Crippen LogP contribution in [0.25, 0.3) is 0 Å². The molecule has 1 aromatic carbocycles. The molecular weight excluding hydrogens is 275 g/mol. The highest BCUT2D eigenvalue weighted by molar-refractivity contribution is 6.35. The maximum Gasteiger partial charge on any atom is 0.344 e. The van der Waals surface area contributed by atoms with Gasteiger partial charge in [-0.25, -0.2) is 4.79 Å². The van der Waals surface area contributed by atoms with Gasteiger partial charge in [0.05, 0.1) is 11.1 Å². The van der Waals surface area contributed by atoms with Gasteiger partial charge < -0.3 is 9.47 Å². The van der Waals surface area contributed by atoms with Crippen molar-refractivity contribution in [1.29, 1.82) is 0 Å². The van der Waals surface area contributed by atoms with Crippen LogP contribution in [0.3, 0.4) is 0 Å². The zero-order chi connectivity index (χ0) is 13.5. The van der Waals surface area contributed by atoms with Gasteiger partial charge in [0, 0.05) is 5.02 Å². The van der Waals surface area contributed by atoms with Gasteiger partial charge in [-0.3, -0.25) is 0 Å². The zero-order valence-corrected chi connectivity index (χ0v) is 11.9. The van der Waals surface area contributed by atoms with Crippen molar-refractivity contribution >= 4 is 29.2 Å². The average molecular weight is 291 g/mol. The number of halogens is 2. The van der Waals surface area contributed by atoms with Crippen LogP contribution in [0.2, 0.25) is 10.0 Å². The predicted octanol–water partition coefficient (Wildman–Crippen LogP) is 4.10. The summed E-state index contributed by atoms with van der Waals surface area (Å²) >= 11 is 11.7. The molecule has 0 spiro atoms. The quantitative estimate of drug-likeness (QED) is 0.740. The molecule has 0 radical (unpaired) electrons. The van der Waals surface area contributed by atoms with Gasteiger partial charge in [0.15, 0.2) is 6.61 Å². The molecule has 1 aromatic rings. The second-order valence-corrected chi connectivity index (χ2v) is 4.80. The molecule has 1 unspecified atom stereocenters. The molecule has 1 atom stereocenters. The maximum atomic E-state index is 11.5. The molecule has 18 heavy (non-hydrogen) atoms. The van der Waals surface area contributed by atoms with E-state index >= 15 is 0 Å². The lowest BCUT2D eigenvalue weighted by molar-refractivity contribution is -0.150. The smallest absolute Gasteiger partial charge is 0.344 e. The summed E-state index contributed by atoms with van der Waals surface area (Å²) in [6.07, 6.45) is 1.72. The van der Waals surface area contributed by atoms with Gasteiger partial charge in [-0.1, -0.05) is 36.5 Å². The molecule has 0 N–H and O–H groups in total. The van der Waals surface area contributed by atoms with E-state index in [2.05, 4.69) is 0 Å². The van der Waals surface area contributed by atoms with Gasteiger partial charge in [-0.05, 0) is 31.5 Å². The molecule has 1 rings (SSSR count). The first-order chi connectivity index (χ1) is 8.52. The maximum absolute atomic E-state index is 11.5. The minimum Gasteiger partial charge on any atom is -0.480 e. The SMILES string of the molecule is CCCC(C)OC(=O)COc1ccc(Cl)cc1Cl. The largest absolute Gasteiger partial charge is 0.480 e. The minimum absolute atomic E-state index is 0.0909. The third-order valence-electron chi connectivity index (χ3n) is 2.27. The molecule has 0 aliphatic rings. The second-order valence-electron chi connectivity index (χ2n) is 3.95. The summed E-state index contributed by atoms with van der Waals surface area (Å²) in [6, 6.07) is 4.82. The van der Waals surface area contributed by atoms with Crippen molar-refractivity contribution in [3.63, 3.8) is 0 Å². The van der Waals surface area contributed by atoms with Crippen molar-refractivity contribution < 1.29 is 14.3 Å². The molecular formula is C13H16Cl2O3. The fourth-order valence-corrected chi connectivity index (χ4v) is 1.92. The second kappa shape index (κ2) is 7.49. The Balaban J connectivity index is 2.42. The van der Waals surface area contributed by atoms with E-state index in [9.17, 15) is 4.79 Å². The third-order valence-corrected chi connectivity index (χ3v) is 2.80. The molecule has 0 aromatic heterocycles. The Morgan fingerprint density at radius 1 is 1.39 bits per heavy atom.